The maximum absolute atomic E-state index is 12.7. The molecule has 0 aliphatic carbocycles. The lowest BCUT2D eigenvalue weighted by Gasteiger charge is -2.28. The van der Waals surface area contributed by atoms with Gasteiger partial charge in [0.15, 0.2) is 5.78 Å². The van der Waals surface area contributed by atoms with E-state index in [1.807, 2.05) is 35.0 Å². The Balaban J connectivity index is 1.93. The summed E-state index contributed by atoms with van der Waals surface area (Å²) in [5.74, 6) is 0.196. The van der Waals surface area contributed by atoms with E-state index in [1.54, 1.807) is 22.7 Å². The second-order valence-corrected chi connectivity index (χ2v) is 6.96. The van der Waals surface area contributed by atoms with Crippen molar-refractivity contribution >= 4 is 40.6 Å². The Kier molecular flexibility index (Phi) is 4.48. The van der Waals surface area contributed by atoms with E-state index < -0.39 is 0 Å². The molecule has 1 aliphatic rings. The highest BCUT2D eigenvalue weighted by atomic mass is 32.1. The number of Topliss-reactive ketones (excluding diaryl/α,β-unsaturated/α-hetero) is 1. The monoisotopic (exact) mass is 315 g/mol. The van der Waals surface area contributed by atoms with Crippen LogP contribution in [0.2, 0.25) is 0 Å². The number of likely N-dealkylation sites (N-methyl/N-ethyl adjacent to an activating group) is 1. The smallest absolute Gasteiger partial charge is 0.187 e. The summed E-state index contributed by atoms with van der Waals surface area (Å²) in [6, 6.07) is 8.14. The van der Waals surface area contributed by atoms with Crippen LogP contribution in [0.3, 0.4) is 0 Å². The van der Waals surface area contributed by atoms with Crippen LogP contribution >= 0.6 is 22.7 Å². The Morgan fingerprint density at radius 3 is 1.95 bits per heavy atom. The molecule has 0 N–H and O–H groups in total. The van der Waals surface area contributed by atoms with Crippen LogP contribution in [0.5, 0.6) is 0 Å². The highest BCUT2D eigenvalue weighted by molar-refractivity contribution is 7.11. The lowest BCUT2D eigenvalue weighted by molar-refractivity contribution is -0.113. The van der Waals surface area contributed by atoms with Gasteiger partial charge in [0.1, 0.15) is 0 Å². The highest BCUT2D eigenvalue weighted by Gasteiger charge is 2.25. The zero-order valence-electron chi connectivity index (χ0n) is 11.9. The molecule has 21 heavy (non-hydrogen) atoms. The molecule has 2 aromatic rings. The summed E-state index contributed by atoms with van der Waals surface area (Å²) in [5.41, 5.74) is 1.79. The second-order valence-electron chi connectivity index (χ2n) is 5.00. The third-order valence-corrected chi connectivity index (χ3v) is 5.18. The number of likely N-dealkylation sites (tertiary alicyclic amines) is 1. The second kappa shape index (κ2) is 6.52. The Hall–Kier alpha value is -1.49. The number of rotatable bonds is 3. The van der Waals surface area contributed by atoms with E-state index in [0.29, 0.717) is 0 Å². The molecule has 0 aromatic carbocycles. The molecule has 1 aliphatic heterocycles. The predicted octanol–water partition coefficient (Wildman–Crippen LogP) is 4.18. The number of carbonyl (C=O) groups is 1. The summed E-state index contributed by atoms with van der Waals surface area (Å²) in [5, 5.41) is 4.08. The maximum Gasteiger partial charge on any atom is 0.187 e. The van der Waals surface area contributed by atoms with Crippen molar-refractivity contribution in [3.63, 3.8) is 0 Å². The molecule has 3 rings (SSSR count). The Morgan fingerprint density at radius 1 is 1.05 bits per heavy atom. The lowest BCUT2D eigenvalue weighted by Crippen LogP contribution is -2.37. The molecule has 0 amide bonds. The average Bonchev–Trinajstić information content (AvgIpc) is 3.16. The van der Waals surface area contributed by atoms with Crippen LogP contribution in [0.15, 0.2) is 46.2 Å². The minimum Gasteiger partial charge on any atom is -0.295 e. The fourth-order valence-corrected chi connectivity index (χ4v) is 3.79. The van der Waals surface area contributed by atoms with Crippen molar-refractivity contribution in [2.45, 2.75) is 6.92 Å². The van der Waals surface area contributed by atoms with Crippen molar-refractivity contribution in [1.82, 2.24) is 4.90 Å². The molecule has 2 nitrogen and oxygen atoms in total. The molecule has 2 aromatic heterocycles. The topological polar surface area (TPSA) is 20.3 Å². The van der Waals surface area contributed by atoms with Crippen LogP contribution in [0, 0.1) is 0 Å². The van der Waals surface area contributed by atoms with Crippen molar-refractivity contribution < 1.29 is 4.79 Å². The molecule has 4 heteroatoms. The molecular formula is C17H17NOS2. The Bertz CT molecular complexity index is 609. The molecular weight excluding hydrogens is 298 g/mol. The molecule has 0 bridgehead atoms. The third-order valence-electron chi connectivity index (χ3n) is 3.54. The number of carbonyl (C=O) groups excluding carboxylic acids is 1. The van der Waals surface area contributed by atoms with Crippen LogP contribution in [-0.2, 0) is 4.79 Å². The summed E-state index contributed by atoms with van der Waals surface area (Å²) < 4.78 is 0. The number of thiophene rings is 2. The highest BCUT2D eigenvalue weighted by Crippen LogP contribution is 2.24. The van der Waals surface area contributed by atoms with Gasteiger partial charge in [0.2, 0.25) is 0 Å². The van der Waals surface area contributed by atoms with E-state index in [2.05, 4.69) is 24.0 Å². The fraction of sp³-hybridized carbons (Fsp3) is 0.235. The Morgan fingerprint density at radius 2 is 1.57 bits per heavy atom. The number of ketones is 1. The molecule has 0 spiro atoms. The normalized spacial score (nSPS) is 20.5. The van der Waals surface area contributed by atoms with E-state index in [9.17, 15) is 4.79 Å². The first-order chi connectivity index (χ1) is 10.3. The molecule has 1 fully saturated rings. The maximum atomic E-state index is 12.7. The first-order valence-corrected chi connectivity index (χ1v) is 8.77. The van der Waals surface area contributed by atoms with Gasteiger partial charge in [0.25, 0.3) is 0 Å². The zero-order valence-corrected chi connectivity index (χ0v) is 13.5. The molecule has 0 unspecified atom stereocenters. The summed E-state index contributed by atoms with van der Waals surface area (Å²) in [4.78, 5) is 17.3. The van der Waals surface area contributed by atoms with Crippen LogP contribution in [0.25, 0.3) is 12.2 Å². The Labute approximate surface area is 133 Å². The van der Waals surface area contributed by atoms with Crippen molar-refractivity contribution in [3.8, 4) is 0 Å². The van der Waals surface area contributed by atoms with Crippen molar-refractivity contribution in [2.75, 3.05) is 19.6 Å². The van der Waals surface area contributed by atoms with Gasteiger partial charge in [-0.25, -0.2) is 0 Å². The van der Waals surface area contributed by atoms with Gasteiger partial charge in [-0.2, -0.15) is 0 Å². The van der Waals surface area contributed by atoms with Gasteiger partial charge >= 0.3 is 0 Å². The van der Waals surface area contributed by atoms with E-state index in [0.717, 1.165) is 40.5 Å². The summed E-state index contributed by atoms with van der Waals surface area (Å²) in [7, 11) is 0. The summed E-state index contributed by atoms with van der Waals surface area (Å²) in [6.07, 6.45) is 4.08. The quantitative estimate of drug-likeness (QED) is 0.792. The van der Waals surface area contributed by atoms with Gasteiger partial charge in [0, 0.05) is 34.0 Å². The fourth-order valence-electron chi connectivity index (χ4n) is 2.42. The average molecular weight is 315 g/mol. The first-order valence-electron chi connectivity index (χ1n) is 7.01. The molecule has 0 radical (unpaired) electrons. The zero-order chi connectivity index (χ0) is 14.7. The largest absolute Gasteiger partial charge is 0.295 e. The molecule has 0 saturated carbocycles. The summed E-state index contributed by atoms with van der Waals surface area (Å²) in [6.45, 7) is 4.59. The summed E-state index contributed by atoms with van der Waals surface area (Å²) >= 11 is 3.34. The third kappa shape index (κ3) is 3.40. The van der Waals surface area contributed by atoms with Gasteiger partial charge in [-0.05, 0) is 41.6 Å². The minimum absolute atomic E-state index is 0.196. The molecule has 108 valence electrons. The molecule has 0 atom stereocenters. The van der Waals surface area contributed by atoms with Crippen LogP contribution in [0.1, 0.15) is 16.7 Å². The van der Waals surface area contributed by atoms with Crippen LogP contribution in [0.4, 0.5) is 0 Å². The van der Waals surface area contributed by atoms with Crippen LogP contribution < -0.4 is 0 Å². The van der Waals surface area contributed by atoms with Crippen molar-refractivity contribution in [2.24, 2.45) is 0 Å². The molecule has 1 saturated heterocycles. The first kappa shape index (κ1) is 14.4. The van der Waals surface area contributed by atoms with Crippen LogP contribution in [-0.4, -0.2) is 30.3 Å². The number of nitrogens with zero attached hydrogens (tertiary/aromatic N) is 1. The van der Waals surface area contributed by atoms with Gasteiger partial charge in [-0.3, -0.25) is 9.69 Å². The van der Waals surface area contributed by atoms with E-state index in [1.165, 1.54) is 0 Å². The predicted molar refractivity (Wildman–Crippen MR) is 91.7 cm³/mol. The number of hydrogen-bond donors (Lipinski definition) is 0. The SMILES string of the molecule is CCN1C/C(=C/c2cccs2)C(=O)/C(=C/c2cccs2)C1. The minimum atomic E-state index is 0.196. The van der Waals surface area contributed by atoms with E-state index in [4.69, 9.17) is 0 Å². The standard InChI is InChI=1S/C17H17NOS2/c1-2-18-11-13(9-15-5-3-7-20-15)17(19)14(12-18)10-16-6-4-8-21-16/h3-10H,2,11-12H2,1H3/b13-9-,14-10+. The van der Waals surface area contributed by atoms with Gasteiger partial charge in [-0.15, -0.1) is 22.7 Å². The van der Waals surface area contributed by atoms with E-state index in [-0.39, 0.29) is 5.78 Å². The van der Waals surface area contributed by atoms with Gasteiger partial charge < -0.3 is 0 Å². The van der Waals surface area contributed by atoms with Gasteiger partial charge in [-0.1, -0.05) is 19.1 Å². The van der Waals surface area contributed by atoms with Gasteiger partial charge in [0.05, 0.1) is 0 Å². The number of hydrogen-bond acceptors (Lipinski definition) is 4. The number of piperidine rings is 1. The van der Waals surface area contributed by atoms with Crippen molar-refractivity contribution in [3.05, 3.63) is 55.9 Å². The van der Waals surface area contributed by atoms with Crippen molar-refractivity contribution in [1.29, 1.82) is 0 Å². The molecule has 3 heterocycles. The van der Waals surface area contributed by atoms with E-state index >= 15 is 0 Å². The lowest BCUT2D eigenvalue weighted by atomic mass is 9.96.